The lowest BCUT2D eigenvalue weighted by Gasteiger charge is -1.91. The zero-order valence-corrected chi connectivity index (χ0v) is 5.67. The summed E-state index contributed by atoms with van der Waals surface area (Å²) < 4.78 is 31.5. The van der Waals surface area contributed by atoms with Gasteiger partial charge < -0.3 is 0 Å². The molecule has 0 aliphatic heterocycles. The molecule has 0 radical (unpaired) electrons. The maximum Gasteiger partial charge on any atom is 0.399 e. The Morgan fingerprint density at radius 1 is 1.67 bits per heavy atom. The molecule has 7 heteroatoms. The van der Waals surface area contributed by atoms with E-state index in [1.165, 1.54) is 0 Å². The Kier molecular flexibility index (Phi) is 2.86. The number of hydrogen-bond acceptors (Lipinski definition) is 3. The molecule has 1 N–H and O–H groups in total. The summed E-state index contributed by atoms with van der Waals surface area (Å²) in [5.41, 5.74) is 0. The van der Waals surface area contributed by atoms with Crippen molar-refractivity contribution >= 4 is 27.9 Å². The van der Waals surface area contributed by atoms with E-state index in [0.717, 1.165) is 4.72 Å². The molecule has 0 atom stereocenters. The molecule has 0 fully saturated rings. The van der Waals surface area contributed by atoms with E-state index in [1.807, 2.05) is 0 Å². The van der Waals surface area contributed by atoms with E-state index in [9.17, 15) is 17.1 Å². The summed E-state index contributed by atoms with van der Waals surface area (Å²) in [5, 5.41) is 0. The minimum atomic E-state index is -4.92. The summed E-state index contributed by atoms with van der Waals surface area (Å²) in [4.78, 5) is 9.97. The fourth-order valence-corrected chi connectivity index (χ4v) is 0.653. The van der Waals surface area contributed by atoms with Crippen LogP contribution in [0.15, 0.2) is 0 Å². The molecule has 0 spiro atoms. The predicted molar refractivity (Wildman–Crippen MR) is 28.9 cm³/mol. The van der Waals surface area contributed by atoms with Crippen LogP contribution in [0.2, 0.25) is 0 Å². The van der Waals surface area contributed by atoms with Crippen molar-refractivity contribution in [3.05, 3.63) is 0 Å². The van der Waals surface area contributed by atoms with E-state index in [0.29, 0.717) is 0 Å². The van der Waals surface area contributed by atoms with Crippen LogP contribution in [0.25, 0.3) is 0 Å². The molecule has 4 nitrogen and oxygen atoms in total. The Hall–Kier alpha value is -0.360. The summed E-state index contributed by atoms with van der Waals surface area (Å²) in [6, 6.07) is 0. The first-order chi connectivity index (χ1) is 3.95. The van der Waals surface area contributed by atoms with Crippen LogP contribution in [0.1, 0.15) is 0 Å². The summed E-state index contributed by atoms with van der Waals surface area (Å²) >= 11 is 4.81. The van der Waals surface area contributed by atoms with Gasteiger partial charge in [0.15, 0.2) is 0 Å². The van der Waals surface area contributed by atoms with Gasteiger partial charge in [-0.25, -0.2) is 4.72 Å². The van der Waals surface area contributed by atoms with Crippen LogP contribution in [-0.4, -0.2) is 20.2 Å². The third-order valence-electron chi connectivity index (χ3n) is 0.357. The molecule has 0 aromatic carbocycles. The molecule has 0 heterocycles. The quantitative estimate of drug-likeness (QED) is 0.457. The van der Waals surface area contributed by atoms with Crippen LogP contribution in [0, 0.1) is 0 Å². The van der Waals surface area contributed by atoms with Crippen molar-refractivity contribution in [3.8, 4) is 0 Å². The van der Waals surface area contributed by atoms with Gasteiger partial charge in [-0.05, 0) is 0 Å². The SMILES string of the molecule is O=C(CCl)NS(=O)(=O)F. The summed E-state index contributed by atoms with van der Waals surface area (Å²) in [7, 11) is -4.92. The van der Waals surface area contributed by atoms with Gasteiger partial charge in [0, 0.05) is 0 Å². The number of carbonyl (C=O) groups excluding carboxylic acids is 1. The average molecular weight is 176 g/mol. The standard InChI is InChI=1S/C2H3ClFNO3S/c3-1-2(6)5-9(4,7)8/h1H2,(H,5,6). The molecule has 0 saturated heterocycles. The number of hydrogen-bond donors (Lipinski definition) is 1. The van der Waals surface area contributed by atoms with Crippen LogP contribution >= 0.6 is 11.6 Å². The minimum Gasteiger partial charge on any atom is -0.273 e. The lowest BCUT2D eigenvalue weighted by Crippen LogP contribution is -2.27. The van der Waals surface area contributed by atoms with Crippen LogP contribution in [0.4, 0.5) is 3.89 Å². The average Bonchev–Trinajstić information content (AvgIpc) is 1.62. The van der Waals surface area contributed by atoms with Gasteiger partial charge in [0.05, 0.1) is 0 Å². The Bertz CT molecular complexity index is 200. The van der Waals surface area contributed by atoms with Gasteiger partial charge in [-0.3, -0.25) is 4.79 Å². The molecule has 0 aliphatic rings. The molecule has 0 aromatic heterocycles. The number of alkyl halides is 1. The second-order valence-corrected chi connectivity index (χ2v) is 2.44. The molecular formula is C2H3ClFNO3S. The van der Waals surface area contributed by atoms with Gasteiger partial charge in [-0.1, -0.05) is 3.89 Å². The van der Waals surface area contributed by atoms with Crippen molar-refractivity contribution in [3.63, 3.8) is 0 Å². The van der Waals surface area contributed by atoms with Crippen LogP contribution in [0.5, 0.6) is 0 Å². The first-order valence-electron chi connectivity index (χ1n) is 1.77. The van der Waals surface area contributed by atoms with Crippen molar-refractivity contribution in [1.82, 2.24) is 4.72 Å². The number of rotatable bonds is 2. The van der Waals surface area contributed by atoms with Crippen molar-refractivity contribution in [1.29, 1.82) is 0 Å². The third kappa shape index (κ3) is 5.51. The fraction of sp³-hybridized carbons (Fsp3) is 0.500. The maximum atomic E-state index is 11.4. The molecule has 0 bridgehead atoms. The van der Waals surface area contributed by atoms with Crippen molar-refractivity contribution in [2.45, 2.75) is 0 Å². The molecular weight excluding hydrogens is 173 g/mol. The molecule has 9 heavy (non-hydrogen) atoms. The van der Waals surface area contributed by atoms with Gasteiger partial charge >= 0.3 is 10.4 Å². The molecule has 0 saturated carbocycles. The Morgan fingerprint density at radius 2 is 2.11 bits per heavy atom. The molecule has 0 unspecified atom stereocenters. The van der Waals surface area contributed by atoms with E-state index in [2.05, 4.69) is 0 Å². The van der Waals surface area contributed by atoms with Crippen molar-refractivity contribution in [2.75, 3.05) is 5.88 Å². The highest BCUT2D eigenvalue weighted by Crippen LogP contribution is 1.83. The molecule has 1 amide bonds. The summed E-state index contributed by atoms with van der Waals surface area (Å²) in [6.45, 7) is 0. The number of nitrogens with one attached hydrogen (secondary N) is 1. The second-order valence-electron chi connectivity index (χ2n) is 1.10. The lowest BCUT2D eigenvalue weighted by atomic mass is 10.8. The highest BCUT2D eigenvalue weighted by Gasteiger charge is 2.09. The minimum absolute atomic E-state index is 0.580. The lowest BCUT2D eigenvalue weighted by molar-refractivity contribution is -0.117. The normalized spacial score (nSPS) is 10.9. The van der Waals surface area contributed by atoms with E-state index in [1.54, 1.807) is 0 Å². The van der Waals surface area contributed by atoms with Crippen molar-refractivity contribution < 1.29 is 17.1 Å². The van der Waals surface area contributed by atoms with Gasteiger partial charge in [0.1, 0.15) is 5.88 Å². The summed E-state index contributed by atoms with van der Waals surface area (Å²) in [6.07, 6.45) is 0. The Morgan fingerprint density at radius 3 is 2.22 bits per heavy atom. The third-order valence-corrected chi connectivity index (χ3v) is 1.07. The largest absolute Gasteiger partial charge is 0.399 e. The first-order valence-corrected chi connectivity index (χ1v) is 3.68. The van der Waals surface area contributed by atoms with Gasteiger partial charge in [-0.15, -0.1) is 11.6 Å². The monoisotopic (exact) mass is 175 g/mol. The molecule has 0 aliphatic carbocycles. The Balaban J connectivity index is 3.91. The van der Waals surface area contributed by atoms with E-state index in [4.69, 9.17) is 11.6 Å². The number of amides is 1. The highest BCUT2D eigenvalue weighted by molar-refractivity contribution is 7.84. The molecule has 54 valence electrons. The van der Waals surface area contributed by atoms with E-state index in [-0.39, 0.29) is 0 Å². The fourth-order valence-electron chi connectivity index (χ4n) is 0.163. The van der Waals surface area contributed by atoms with Crippen LogP contribution < -0.4 is 4.72 Å². The number of carbonyl (C=O) groups is 1. The molecule has 0 aromatic rings. The van der Waals surface area contributed by atoms with Gasteiger partial charge in [0.25, 0.3) is 0 Å². The zero-order chi connectivity index (χ0) is 7.49. The highest BCUT2D eigenvalue weighted by atomic mass is 35.5. The predicted octanol–water partition coefficient (Wildman–Crippen LogP) is -0.444. The Labute approximate surface area is 56.3 Å². The summed E-state index contributed by atoms with van der Waals surface area (Å²) in [5.74, 6) is -1.66. The zero-order valence-electron chi connectivity index (χ0n) is 4.10. The van der Waals surface area contributed by atoms with Crippen LogP contribution in [-0.2, 0) is 15.2 Å². The van der Waals surface area contributed by atoms with Crippen LogP contribution in [0.3, 0.4) is 0 Å². The second kappa shape index (κ2) is 2.98. The van der Waals surface area contributed by atoms with Crippen molar-refractivity contribution in [2.24, 2.45) is 0 Å². The van der Waals surface area contributed by atoms with Gasteiger partial charge in [-0.2, -0.15) is 8.42 Å². The smallest absolute Gasteiger partial charge is 0.273 e. The number of halogens is 2. The molecule has 0 rings (SSSR count). The topological polar surface area (TPSA) is 63.2 Å². The van der Waals surface area contributed by atoms with E-state index < -0.39 is 22.2 Å². The maximum absolute atomic E-state index is 11.4. The van der Waals surface area contributed by atoms with Gasteiger partial charge in [0.2, 0.25) is 5.91 Å². The first kappa shape index (κ1) is 8.64. The van der Waals surface area contributed by atoms with E-state index >= 15 is 0 Å².